The number of hydrogen-bond donors (Lipinski definition) is 0. The second kappa shape index (κ2) is 10.5. The normalized spacial score (nSPS) is 15.9. The Bertz CT molecular complexity index is 468. The van der Waals surface area contributed by atoms with Crippen LogP contribution in [0.4, 0.5) is 0 Å². The van der Waals surface area contributed by atoms with Gasteiger partial charge in [0.15, 0.2) is 0 Å². The molecule has 2 rings (SSSR count). The molecule has 0 aromatic heterocycles. The van der Waals surface area contributed by atoms with Gasteiger partial charge in [-0.2, -0.15) is 0 Å². The predicted octanol–water partition coefficient (Wildman–Crippen LogP) is 3.17. The van der Waals surface area contributed by atoms with Crippen molar-refractivity contribution in [3.8, 4) is 0 Å². The van der Waals surface area contributed by atoms with Gasteiger partial charge in [0.1, 0.15) is 0 Å². The van der Waals surface area contributed by atoms with Crippen molar-refractivity contribution in [1.82, 2.24) is 9.80 Å². The average molecular weight is 332 g/mol. The minimum Gasteiger partial charge on any atom is -0.377 e. The molecule has 1 aromatic rings. The first kappa shape index (κ1) is 18.9. The Hall–Kier alpha value is -1.39. The van der Waals surface area contributed by atoms with Crippen LogP contribution in [0.25, 0.3) is 0 Å². The lowest BCUT2D eigenvalue weighted by Crippen LogP contribution is -2.48. The summed E-state index contributed by atoms with van der Waals surface area (Å²) < 4.78 is 5.65. The molecule has 1 aliphatic heterocycles. The largest absolute Gasteiger partial charge is 0.377 e. The van der Waals surface area contributed by atoms with Gasteiger partial charge in [0.25, 0.3) is 0 Å². The number of carbonyl (C=O) groups excluding carboxylic acids is 1. The van der Waals surface area contributed by atoms with E-state index in [0.717, 1.165) is 45.1 Å². The van der Waals surface area contributed by atoms with Crippen molar-refractivity contribution in [3.05, 3.63) is 35.9 Å². The molecule has 1 heterocycles. The van der Waals surface area contributed by atoms with Crippen LogP contribution >= 0.6 is 0 Å². The van der Waals surface area contributed by atoms with Crippen molar-refractivity contribution in [2.24, 2.45) is 5.92 Å². The first-order chi connectivity index (χ1) is 11.6. The number of nitrogens with zero attached hydrogens (tertiary/aromatic N) is 2. The highest BCUT2D eigenvalue weighted by atomic mass is 16.5. The van der Waals surface area contributed by atoms with Gasteiger partial charge >= 0.3 is 0 Å². The fourth-order valence-electron chi connectivity index (χ4n) is 2.91. The molecular formula is C20H32N2O2. The molecule has 1 fully saturated rings. The summed E-state index contributed by atoms with van der Waals surface area (Å²) >= 11 is 0. The number of rotatable bonds is 9. The highest BCUT2D eigenvalue weighted by Gasteiger charge is 2.20. The molecule has 134 valence electrons. The Balaban J connectivity index is 1.53. The third-order valence-electron chi connectivity index (χ3n) is 4.54. The van der Waals surface area contributed by atoms with Gasteiger partial charge in [-0.15, -0.1) is 0 Å². The summed E-state index contributed by atoms with van der Waals surface area (Å²) in [6, 6.07) is 10.2. The van der Waals surface area contributed by atoms with E-state index >= 15 is 0 Å². The van der Waals surface area contributed by atoms with Gasteiger partial charge in [0.2, 0.25) is 5.91 Å². The molecule has 1 aliphatic rings. The van der Waals surface area contributed by atoms with Gasteiger partial charge < -0.3 is 9.64 Å². The molecule has 4 nitrogen and oxygen atoms in total. The van der Waals surface area contributed by atoms with E-state index < -0.39 is 0 Å². The second-order valence-corrected chi connectivity index (χ2v) is 7.05. The van der Waals surface area contributed by atoms with Crippen molar-refractivity contribution < 1.29 is 9.53 Å². The minimum atomic E-state index is 0.279. The minimum absolute atomic E-state index is 0.279. The molecule has 0 bridgehead atoms. The van der Waals surface area contributed by atoms with Gasteiger partial charge in [-0.25, -0.2) is 0 Å². The van der Waals surface area contributed by atoms with E-state index in [9.17, 15) is 4.79 Å². The molecule has 0 spiro atoms. The van der Waals surface area contributed by atoms with Gasteiger partial charge in [-0.1, -0.05) is 44.2 Å². The zero-order valence-electron chi connectivity index (χ0n) is 15.2. The fraction of sp³-hybridized carbons (Fsp3) is 0.650. The number of benzene rings is 1. The summed E-state index contributed by atoms with van der Waals surface area (Å²) in [7, 11) is 0. The lowest BCUT2D eigenvalue weighted by atomic mass is 10.1. The zero-order valence-corrected chi connectivity index (χ0v) is 15.2. The number of piperazine rings is 1. The summed E-state index contributed by atoms with van der Waals surface area (Å²) in [6.07, 6.45) is 2.65. The Morgan fingerprint density at radius 1 is 1.12 bits per heavy atom. The third-order valence-corrected chi connectivity index (χ3v) is 4.54. The van der Waals surface area contributed by atoms with Crippen LogP contribution in [0, 0.1) is 5.92 Å². The van der Waals surface area contributed by atoms with Gasteiger partial charge in [0.05, 0.1) is 6.61 Å². The highest BCUT2D eigenvalue weighted by molar-refractivity contribution is 5.76. The zero-order chi connectivity index (χ0) is 17.2. The molecule has 1 amide bonds. The quantitative estimate of drug-likeness (QED) is 0.651. The van der Waals surface area contributed by atoms with E-state index in [1.165, 1.54) is 12.0 Å². The lowest BCUT2D eigenvalue weighted by Gasteiger charge is -2.35. The van der Waals surface area contributed by atoms with Crippen LogP contribution in [0.15, 0.2) is 30.3 Å². The monoisotopic (exact) mass is 332 g/mol. The van der Waals surface area contributed by atoms with Crippen LogP contribution in [0.3, 0.4) is 0 Å². The first-order valence-corrected chi connectivity index (χ1v) is 9.27. The number of carbonyl (C=O) groups is 1. The van der Waals surface area contributed by atoms with Crippen molar-refractivity contribution in [3.63, 3.8) is 0 Å². The Labute approximate surface area is 146 Å². The molecular weight excluding hydrogens is 300 g/mol. The number of hydrogen-bond acceptors (Lipinski definition) is 3. The SMILES string of the molecule is CC(C)CCN1CCN(C(=O)CCCOCc2ccccc2)CC1. The van der Waals surface area contributed by atoms with E-state index in [-0.39, 0.29) is 5.91 Å². The van der Waals surface area contributed by atoms with Crippen LogP contribution in [-0.4, -0.2) is 55.0 Å². The molecule has 0 atom stereocenters. The summed E-state index contributed by atoms with van der Waals surface area (Å²) in [5.41, 5.74) is 1.18. The van der Waals surface area contributed by atoms with E-state index in [4.69, 9.17) is 4.74 Å². The van der Waals surface area contributed by atoms with Crippen LogP contribution in [0.5, 0.6) is 0 Å². The number of ether oxygens (including phenoxy) is 1. The van der Waals surface area contributed by atoms with Crippen molar-refractivity contribution in [1.29, 1.82) is 0 Å². The van der Waals surface area contributed by atoms with Gasteiger partial charge in [-0.3, -0.25) is 9.69 Å². The maximum absolute atomic E-state index is 12.3. The molecule has 0 radical (unpaired) electrons. The molecule has 0 saturated carbocycles. The van der Waals surface area contributed by atoms with Crippen LogP contribution < -0.4 is 0 Å². The van der Waals surface area contributed by atoms with Crippen LogP contribution in [0.1, 0.15) is 38.7 Å². The summed E-state index contributed by atoms with van der Waals surface area (Å²) in [6.45, 7) is 10.8. The Kier molecular flexibility index (Phi) is 8.26. The van der Waals surface area contributed by atoms with E-state index in [2.05, 4.69) is 30.9 Å². The average Bonchev–Trinajstić information content (AvgIpc) is 2.61. The van der Waals surface area contributed by atoms with Crippen molar-refractivity contribution in [2.45, 2.75) is 39.7 Å². The van der Waals surface area contributed by atoms with Gasteiger partial charge in [0, 0.05) is 39.2 Å². The molecule has 1 aromatic carbocycles. The molecule has 0 N–H and O–H groups in total. The Morgan fingerprint density at radius 3 is 2.50 bits per heavy atom. The van der Waals surface area contributed by atoms with Gasteiger partial charge in [-0.05, 0) is 30.9 Å². The standard InChI is InChI=1S/C20H32N2O2/c1-18(2)10-11-21-12-14-22(15-13-21)20(23)9-6-16-24-17-19-7-4-3-5-8-19/h3-5,7-8,18H,6,9-17H2,1-2H3. The van der Waals surface area contributed by atoms with E-state index in [1.807, 2.05) is 23.1 Å². The maximum Gasteiger partial charge on any atom is 0.222 e. The smallest absolute Gasteiger partial charge is 0.222 e. The molecule has 4 heteroatoms. The predicted molar refractivity (Wildman–Crippen MR) is 97.8 cm³/mol. The summed E-state index contributed by atoms with van der Waals surface area (Å²) in [4.78, 5) is 16.8. The van der Waals surface area contributed by atoms with Crippen LogP contribution in [-0.2, 0) is 16.1 Å². The van der Waals surface area contributed by atoms with E-state index in [0.29, 0.717) is 19.6 Å². The van der Waals surface area contributed by atoms with Crippen molar-refractivity contribution in [2.75, 3.05) is 39.3 Å². The van der Waals surface area contributed by atoms with E-state index in [1.54, 1.807) is 0 Å². The maximum atomic E-state index is 12.3. The van der Waals surface area contributed by atoms with Crippen molar-refractivity contribution >= 4 is 5.91 Å². The topological polar surface area (TPSA) is 32.8 Å². The van der Waals surface area contributed by atoms with Crippen LogP contribution in [0.2, 0.25) is 0 Å². The second-order valence-electron chi connectivity index (χ2n) is 7.05. The lowest BCUT2D eigenvalue weighted by molar-refractivity contribution is -0.133. The number of amides is 1. The fourth-order valence-corrected chi connectivity index (χ4v) is 2.91. The third kappa shape index (κ3) is 7.02. The summed E-state index contributed by atoms with van der Waals surface area (Å²) in [5, 5.41) is 0. The first-order valence-electron chi connectivity index (χ1n) is 9.27. The molecule has 0 unspecified atom stereocenters. The molecule has 1 saturated heterocycles. The molecule has 24 heavy (non-hydrogen) atoms. The Morgan fingerprint density at radius 2 is 1.83 bits per heavy atom. The highest BCUT2D eigenvalue weighted by Crippen LogP contribution is 2.09. The summed E-state index contributed by atoms with van der Waals surface area (Å²) in [5.74, 6) is 1.03. The molecule has 0 aliphatic carbocycles.